The summed E-state index contributed by atoms with van der Waals surface area (Å²) in [5.74, 6) is -0.745. The Balaban J connectivity index is 2.34. The molecule has 3 N–H and O–H groups in total. The number of hydrogen-bond acceptors (Lipinski definition) is 5. The number of nitrogens with one attached hydrogen (secondary N) is 1. The molecule has 2 rings (SSSR count). The maximum atomic E-state index is 13.2. The van der Waals surface area contributed by atoms with E-state index in [9.17, 15) is 14.3 Å². The molecule has 94 valence electrons. The van der Waals surface area contributed by atoms with Crippen molar-refractivity contribution in [3.05, 3.63) is 27.1 Å². The number of halogens is 1. The Morgan fingerprint density at radius 1 is 1.71 bits per heavy atom. The lowest BCUT2D eigenvalue weighted by atomic mass is 10.2. The summed E-state index contributed by atoms with van der Waals surface area (Å²) in [4.78, 5) is 13.7. The van der Waals surface area contributed by atoms with Crippen LogP contribution in [0.3, 0.4) is 0 Å². The van der Waals surface area contributed by atoms with Crippen molar-refractivity contribution in [2.24, 2.45) is 0 Å². The summed E-state index contributed by atoms with van der Waals surface area (Å²) < 4.78 is 19.2. The fourth-order valence-electron chi connectivity index (χ4n) is 1.72. The van der Waals surface area contributed by atoms with Crippen molar-refractivity contribution in [3.8, 4) is 0 Å². The van der Waals surface area contributed by atoms with Crippen molar-refractivity contribution in [2.75, 3.05) is 6.61 Å². The molecule has 0 amide bonds. The first kappa shape index (κ1) is 12.4. The van der Waals surface area contributed by atoms with E-state index in [-0.39, 0.29) is 17.7 Å². The molecule has 0 aromatic carbocycles. The largest absolute Gasteiger partial charge is 0.394 e. The van der Waals surface area contributed by atoms with Crippen LogP contribution in [0.25, 0.3) is 0 Å². The van der Waals surface area contributed by atoms with Gasteiger partial charge >= 0.3 is 5.69 Å². The fourth-order valence-corrected chi connectivity index (χ4v) is 1.86. The number of aliphatic hydroxyl groups is 2. The molecular formula is C9H11FN2O4S. The second-order valence-corrected chi connectivity index (χ2v) is 4.17. The van der Waals surface area contributed by atoms with Crippen molar-refractivity contribution in [1.82, 2.24) is 9.55 Å². The van der Waals surface area contributed by atoms with Crippen LogP contribution in [0.1, 0.15) is 12.6 Å². The minimum absolute atomic E-state index is 0.106. The highest BCUT2D eigenvalue weighted by atomic mass is 32.1. The summed E-state index contributed by atoms with van der Waals surface area (Å²) in [6, 6.07) is 0. The van der Waals surface area contributed by atoms with E-state index in [0.717, 1.165) is 10.8 Å². The highest BCUT2D eigenvalue weighted by Gasteiger charge is 2.35. The molecule has 8 heteroatoms. The minimum atomic E-state index is -0.886. The monoisotopic (exact) mass is 262 g/mol. The molecule has 1 fully saturated rings. The number of aromatic nitrogens is 2. The summed E-state index contributed by atoms with van der Waals surface area (Å²) >= 11 is 4.57. The SMILES string of the molecule is O=c1[nH]c(=S)c(F)cn1[C@@H]1CC(O)[C@H](CO)O1. The molecule has 0 bridgehead atoms. The van der Waals surface area contributed by atoms with E-state index in [1.165, 1.54) is 0 Å². The van der Waals surface area contributed by atoms with Crippen molar-refractivity contribution in [1.29, 1.82) is 0 Å². The van der Waals surface area contributed by atoms with Crippen LogP contribution >= 0.6 is 12.2 Å². The predicted octanol–water partition coefficient (Wildman–Crippen LogP) is -0.314. The van der Waals surface area contributed by atoms with Crippen molar-refractivity contribution in [3.63, 3.8) is 0 Å². The zero-order valence-electron chi connectivity index (χ0n) is 8.67. The maximum Gasteiger partial charge on any atom is 0.328 e. The summed E-state index contributed by atoms with van der Waals surface area (Å²) in [5.41, 5.74) is -0.618. The Morgan fingerprint density at radius 3 is 3.00 bits per heavy atom. The Morgan fingerprint density at radius 2 is 2.41 bits per heavy atom. The summed E-state index contributed by atoms with van der Waals surface area (Å²) in [5, 5.41) is 18.4. The first-order chi connectivity index (χ1) is 8.02. The lowest BCUT2D eigenvalue weighted by molar-refractivity contribution is -0.0461. The van der Waals surface area contributed by atoms with E-state index in [4.69, 9.17) is 9.84 Å². The van der Waals surface area contributed by atoms with E-state index < -0.39 is 29.9 Å². The van der Waals surface area contributed by atoms with E-state index in [1.807, 2.05) is 0 Å². The minimum Gasteiger partial charge on any atom is -0.394 e. The van der Waals surface area contributed by atoms with Gasteiger partial charge in [-0.25, -0.2) is 9.18 Å². The second-order valence-electron chi connectivity index (χ2n) is 3.76. The number of nitrogens with zero attached hydrogens (tertiary/aromatic N) is 1. The van der Waals surface area contributed by atoms with Gasteiger partial charge in [-0.2, -0.15) is 0 Å². The Hall–Kier alpha value is -1.09. The summed E-state index contributed by atoms with van der Waals surface area (Å²) in [6.45, 7) is -0.363. The fraction of sp³-hybridized carbons (Fsp3) is 0.556. The highest BCUT2D eigenvalue weighted by molar-refractivity contribution is 7.71. The quantitative estimate of drug-likeness (QED) is 0.636. The maximum absolute atomic E-state index is 13.2. The van der Waals surface area contributed by atoms with Crippen molar-refractivity contribution < 1.29 is 19.3 Å². The molecule has 1 aliphatic heterocycles. The normalized spacial score (nSPS) is 28.5. The number of H-pyrrole nitrogens is 1. The second kappa shape index (κ2) is 4.65. The predicted molar refractivity (Wildman–Crippen MR) is 57.5 cm³/mol. The topological polar surface area (TPSA) is 87.5 Å². The van der Waals surface area contributed by atoms with Gasteiger partial charge < -0.3 is 14.9 Å². The van der Waals surface area contributed by atoms with Gasteiger partial charge in [0.1, 0.15) is 17.0 Å². The summed E-state index contributed by atoms with van der Waals surface area (Å²) in [6.07, 6.45) is -1.43. The van der Waals surface area contributed by atoms with E-state index in [2.05, 4.69) is 17.2 Å². The molecule has 2 heterocycles. The lowest BCUT2D eigenvalue weighted by Gasteiger charge is -2.14. The summed E-state index contributed by atoms with van der Waals surface area (Å²) in [7, 11) is 0. The van der Waals surface area contributed by atoms with Gasteiger partial charge in [0.2, 0.25) is 0 Å². The van der Waals surface area contributed by atoms with Crippen LogP contribution in [0.15, 0.2) is 11.0 Å². The first-order valence-corrected chi connectivity index (χ1v) is 5.39. The molecule has 1 aromatic heterocycles. The van der Waals surface area contributed by atoms with Gasteiger partial charge in [0.25, 0.3) is 0 Å². The highest BCUT2D eigenvalue weighted by Crippen LogP contribution is 2.27. The number of aliphatic hydroxyl groups excluding tert-OH is 2. The molecule has 1 unspecified atom stereocenters. The molecule has 17 heavy (non-hydrogen) atoms. The van der Waals surface area contributed by atoms with Crippen LogP contribution in [0.4, 0.5) is 4.39 Å². The first-order valence-electron chi connectivity index (χ1n) is 4.98. The van der Waals surface area contributed by atoms with E-state index >= 15 is 0 Å². The molecule has 1 aliphatic rings. The number of rotatable bonds is 2. The van der Waals surface area contributed by atoms with Crippen LogP contribution in [-0.4, -0.2) is 38.6 Å². The molecule has 6 nitrogen and oxygen atoms in total. The molecule has 0 radical (unpaired) electrons. The molecule has 0 aliphatic carbocycles. The van der Waals surface area contributed by atoms with Gasteiger partial charge in [-0.3, -0.25) is 9.55 Å². The number of aromatic amines is 1. The van der Waals surface area contributed by atoms with Crippen LogP contribution in [0, 0.1) is 10.5 Å². The smallest absolute Gasteiger partial charge is 0.328 e. The zero-order valence-corrected chi connectivity index (χ0v) is 9.48. The zero-order chi connectivity index (χ0) is 12.6. The average molecular weight is 262 g/mol. The van der Waals surface area contributed by atoms with Crippen LogP contribution in [-0.2, 0) is 4.74 Å². The van der Waals surface area contributed by atoms with Gasteiger partial charge in [0.15, 0.2) is 5.82 Å². The Labute approximate surface area is 100 Å². The third-order valence-corrected chi connectivity index (χ3v) is 2.92. The van der Waals surface area contributed by atoms with Gasteiger partial charge in [-0.15, -0.1) is 0 Å². The molecular weight excluding hydrogens is 251 g/mol. The van der Waals surface area contributed by atoms with Crippen molar-refractivity contribution >= 4 is 12.2 Å². The lowest BCUT2D eigenvalue weighted by Crippen LogP contribution is -2.28. The number of ether oxygens (including phenoxy) is 1. The Bertz CT molecular complexity index is 528. The van der Waals surface area contributed by atoms with Gasteiger partial charge in [-0.1, -0.05) is 12.2 Å². The Kier molecular flexibility index (Phi) is 3.38. The molecule has 3 atom stereocenters. The van der Waals surface area contributed by atoms with Gasteiger partial charge in [-0.05, 0) is 0 Å². The third kappa shape index (κ3) is 2.29. The molecule has 1 aromatic rings. The van der Waals surface area contributed by atoms with Gasteiger partial charge in [0, 0.05) is 6.42 Å². The van der Waals surface area contributed by atoms with Crippen LogP contribution in [0.2, 0.25) is 0 Å². The third-order valence-electron chi connectivity index (χ3n) is 2.62. The molecule has 0 saturated carbocycles. The van der Waals surface area contributed by atoms with E-state index in [0.29, 0.717) is 0 Å². The molecule has 1 saturated heterocycles. The van der Waals surface area contributed by atoms with Crippen molar-refractivity contribution in [2.45, 2.75) is 24.9 Å². The molecule has 0 spiro atoms. The van der Waals surface area contributed by atoms with Crippen LogP contribution < -0.4 is 5.69 Å². The van der Waals surface area contributed by atoms with Gasteiger partial charge in [0.05, 0.1) is 18.9 Å². The standard InChI is InChI=1S/C9H11FN2O4S/c10-4-2-12(9(15)11-8(4)17)7-1-5(14)6(3-13)16-7/h2,5-7,13-14H,1,3H2,(H,11,15,17)/t5?,6-,7-/m0/s1. The average Bonchev–Trinajstić information content (AvgIpc) is 2.65. The van der Waals surface area contributed by atoms with E-state index in [1.54, 1.807) is 0 Å². The number of hydrogen-bond donors (Lipinski definition) is 3. The van der Waals surface area contributed by atoms with Crippen LogP contribution in [0.5, 0.6) is 0 Å².